The Hall–Kier alpha value is -1.73. The van der Waals surface area contributed by atoms with Crippen LogP contribution in [0.1, 0.15) is 36.8 Å². The molecule has 1 aromatic carbocycles. The third-order valence-corrected chi connectivity index (χ3v) is 5.70. The highest BCUT2D eigenvalue weighted by molar-refractivity contribution is 7.91. The monoisotopic (exact) mass is 306 g/mol. The van der Waals surface area contributed by atoms with Crippen LogP contribution in [0.5, 0.6) is 0 Å². The molecule has 2 aromatic rings. The normalized spacial score (nSPS) is 21.7. The van der Waals surface area contributed by atoms with Crippen molar-refractivity contribution in [2.75, 3.05) is 5.75 Å². The molecule has 3 rings (SSSR count). The number of nitrogens with zero attached hydrogens (tertiary/aromatic N) is 3. The lowest BCUT2D eigenvalue weighted by Crippen LogP contribution is -2.32. The summed E-state index contributed by atoms with van der Waals surface area (Å²) >= 11 is 0. The molecule has 1 aromatic heterocycles. The van der Waals surface area contributed by atoms with Gasteiger partial charge in [0.05, 0.1) is 16.7 Å². The second kappa shape index (κ2) is 5.23. The summed E-state index contributed by atoms with van der Waals surface area (Å²) in [4.78, 5) is 0.443. The molecule has 0 saturated heterocycles. The number of aromatic nitrogens is 3. The van der Waals surface area contributed by atoms with Gasteiger partial charge in [0.25, 0.3) is 0 Å². The van der Waals surface area contributed by atoms with Crippen LogP contribution in [0.3, 0.4) is 0 Å². The van der Waals surface area contributed by atoms with Crippen molar-refractivity contribution < 1.29 is 8.42 Å². The summed E-state index contributed by atoms with van der Waals surface area (Å²) in [6, 6.07) is 7.22. The average molecular weight is 306 g/mol. The van der Waals surface area contributed by atoms with Gasteiger partial charge in [-0.25, -0.2) is 8.42 Å². The maximum Gasteiger partial charge on any atom is 0.178 e. The van der Waals surface area contributed by atoms with E-state index >= 15 is 0 Å². The van der Waals surface area contributed by atoms with Crippen LogP contribution in [-0.2, 0) is 16.9 Å². The fourth-order valence-corrected chi connectivity index (χ4v) is 4.44. The maximum atomic E-state index is 12.1. The highest BCUT2D eigenvalue weighted by atomic mass is 32.2. The minimum absolute atomic E-state index is 0.00337. The van der Waals surface area contributed by atoms with E-state index in [1.807, 2.05) is 30.7 Å². The van der Waals surface area contributed by atoms with Crippen LogP contribution in [0.25, 0.3) is 0 Å². The molecule has 1 aliphatic heterocycles. The number of fused-ring (bicyclic) bond motifs is 1. The molecule has 0 aliphatic carbocycles. The highest BCUT2D eigenvalue weighted by Crippen LogP contribution is 2.33. The fourth-order valence-electron chi connectivity index (χ4n) is 2.82. The van der Waals surface area contributed by atoms with E-state index in [4.69, 9.17) is 0 Å². The van der Waals surface area contributed by atoms with Crippen molar-refractivity contribution in [2.45, 2.75) is 30.3 Å². The standard InChI is InChI=1S/C14H18N4O2S/c1-10(14-17-15-9-18(14)2)16-12-7-8-21(19,20)13-6-4-3-5-11(12)13/h3-6,9-10,12,16H,7-8H2,1-2H3. The molecule has 0 spiro atoms. The van der Waals surface area contributed by atoms with Gasteiger partial charge in [0.15, 0.2) is 9.84 Å². The largest absolute Gasteiger partial charge is 0.319 e. The Balaban J connectivity index is 1.89. The number of benzene rings is 1. The zero-order valence-corrected chi connectivity index (χ0v) is 12.8. The van der Waals surface area contributed by atoms with E-state index in [1.165, 1.54) is 0 Å². The first-order valence-corrected chi connectivity index (χ1v) is 8.56. The van der Waals surface area contributed by atoms with Crippen LogP contribution in [0, 0.1) is 0 Å². The van der Waals surface area contributed by atoms with E-state index in [9.17, 15) is 8.42 Å². The van der Waals surface area contributed by atoms with E-state index in [-0.39, 0.29) is 17.8 Å². The number of rotatable bonds is 3. The molecule has 0 radical (unpaired) electrons. The van der Waals surface area contributed by atoms with Crippen LogP contribution >= 0.6 is 0 Å². The smallest absolute Gasteiger partial charge is 0.178 e. The molecule has 0 saturated carbocycles. The Morgan fingerprint density at radius 2 is 2.14 bits per heavy atom. The van der Waals surface area contributed by atoms with Gasteiger partial charge in [-0.1, -0.05) is 18.2 Å². The minimum Gasteiger partial charge on any atom is -0.319 e. The second-order valence-electron chi connectivity index (χ2n) is 5.39. The molecule has 2 unspecified atom stereocenters. The second-order valence-corrected chi connectivity index (χ2v) is 7.46. The van der Waals surface area contributed by atoms with Crippen molar-refractivity contribution in [1.29, 1.82) is 0 Å². The lowest BCUT2D eigenvalue weighted by Gasteiger charge is -2.28. The first-order valence-electron chi connectivity index (χ1n) is 6.90. The average Bonchev–Trinajstić information content (AvgIpc) is 2.89. The molecular weight excluding hydrogens is 288 g/mol. The van der Waals surface area contributed by atoms with Crippen molar-refractivity contribution >= 4 is 9.84 Å². The molecule has 0 bridgehead atoms. The molecule has 6 nitrogen and oxygen atoms in total. The molecule has 7 heteroatoms. The van der Waals surface area contributed by atoms with Gasteiger partial charge in [0.1, 0.15) is 12.2 Å². The van der Waals surface area contributed by atoms with E-state index < -0.39 is 9.84 Å². The molecule has 0 fully saturated rings. The zero-order chi connectivity index (χ0) is 15.0. The van der Waals surface area contributed by atoms with Crippen LogP contribution in [-0.4, -0.2) is 28.9 Å². The molecule has 0 amide bonds. The number of nitrogens with one attached hydrogen (secondary N) is 1. The van der Waals surface area contributed by atoms with Gasteiger partial charge in [-0.3, -0.25) is 0 Å². The Morgan fingerprint density at radius 1 is 1.38 bits per heavy atom. The molecule has 21 heavy (non-hydrogen) atoms. The van der Waals surface area contributed by atoms with Gasteiger partial charge in [0.2, 0.25) is 0 Å². The third-order valence-electron chi connectivity index (χ3n) is 3.89. The maximum absolute atomic E-state index is 12.1. The van der Waals surface area contributed by atoms with E-state index in [1.54, 1.807) is 18.5 Å². The van der Waals surface area contributed by atoms with E-state index in [0.717, 1.165) is 11.4 Å². The lowest BCUT2D eigenvalue weighted by atomic mass is 10.0. The summed E-state index contributed by atoms with van der Waals surface area (Å²) in [5, 5.41) is 11.4. The Kier molecular flexibility index (Phi) is 3.54. The third kappa shape index (κ3) is 2.58. The van der Waals surface area contributed by atoms with Crippen molar-refractivity contribution in [2.24, 2.45) is 7.05 Å². The molecule has 1 aliphatic rings. The topological polar surface area (TPSA) is 76.9 Å². The Labute approximate surface area is 124 Å². The first-order chi connectivity index (χ1) is 9.99. The Bertz CT molecular complexity index is 754. The summed E-state index contributed by atoms with van der Waals surface area (Å²) in [5.74, 6) is 1.01. The van der Waals surface area contributed by atoms with E-state index in [0.29, 0.717) is 11.3 Å². The first kappa shape index (κ1) is 14.2. The fraction of sp³-hybridized carbons (Fsp3) is 0.429. The van der Waals surface area contributed by atoms with Gasteiger partial charge >= 0.3 is 0 Å². The van der Waals surface area contributed by atoms with Gasteiger partial charge in [0, 0.05) is 13.1 Å². The lowest BCUT2D eigenvalue weighted by molar-refractivity contribution is 0.422. The number of sulfone groups is 1. The molecule has 112 valence electrons. The van der Waals surface area contributed by atoms with Gasteiger partial charge in [-0.15, -0.1) is 10.2 Å². The van der Waals surface area contributed by atoms with Crippen LogP contribution < -0.4 is 5.32 Å². The summed E-state index contributed by atoms with van der Waals surface area (Å²) in [5.41, 5.74) is 0.845. The summed E-state index contributed by atoms with van der Waals surface area (Å²) in [6.07, 6.45) is 2.23. The SMILES string of the molecule is CC(NC1CCS(=O)(=O)c2ccccc21)c1nncn1C. The summed E-state index contributed by atoms with van der Waals surface area (Å²) in [7, 11) is -1.25. The number of hydrogen-bond donors (Lipinski definition) is 1. The molecule has 2 atom stereocenters. The van der Waals surface area contributed by atoms with E-state index in [2.05, 4.69) is 15.5 Å². The van der Waals surface area contributed by atoms with Crippen molar-refractivity contribution in [3.63, 3.8) is 0 Å². The predicted octanol–water partition coefficient (Wildman–Crippen LogP) is 1.38. The zero-order valence-electron chi connectivity index (χ0n) is 12.0. The summed E-state index contributed by atoms with van der Waals surface area (Å²) < 4.78 is 26.1. The van der Waals surface area contributed by atoms with Crippen LogP contribution in [0.2, 0.25) is 0 Å². The van der Waals surface area contributed by atoms with Crippen molar-refractivity contribution in [3.05, 3.63) is 42.0 Å². The number of aryl methyl sites for hydroxylation is 1. The van der Waals surface area contributed by atoms with Gasteiger partial charge in [-0.2, -0.15) is 0 Å². The highest BCUT2D eigenvalue weighted by Gasteiger charge is 2.31. The molecular formula is C14H18N4O2S. The van der Waals surface area contributed by atoms with Gasteiger partial charge in [-0.05, 0) is 25.0 Å². The minimum atomic E-state index is -3.15. The predicted molar refractivity (Wildman–Crippen MR) is 78.4 cm³/mol. The Morgan fingerprint density at radius 3 is 2.86 bits per heavy atom. The number of hydrogen-bond acceptors (Lipinski definition) is 5. The quantitative estimate of drug-likeness (QED) is 0.927. The van der Waals surface area contributed by atoms with Crippen molar-refractivity contribution in [3.8, 4) is 0 Å². The van der Waals surface area contributed by atoms with Crippen molar-refractivity contribution in [1.82, 2.24) is 20.1 Å². The van der Waals surface area contributed by atoms with Crippen LogP contribution in [0.15, 0.2) is 35.5 Å². The molecule has 2 heterocycles. The van der Waals surface area contributed by atoms with Gasteiger partial charge < -0.3 is 9.88 Å². The van der Waals surface area contributed by atoms with Crippen LogP contribution in [0.4, 0.5) is 0 Å². The summed E-state index contributed by atoms with van der Waals surface area (Å²) in [6.45, 7) is 2.01. The molecule has 1 N–H and O–H groups in total.